The van der Waals surface area contributed by atoms with Gasteiger partial charge in [0.25, 0.3) is 0 Å². The van der Waals surface area contributed by atoms with E-state index in [1.807, 2.05) is 0 Å². The summed E-state index contributed by atoms with van der Waals surface area (Å²) in [6.07, 6.45) is 23.8. The molecule has 0 saturated carbocycles. The molecule has 0 aliphatic heterocycles. The lowest BCUT2D eigenvalue weighted by Crippen LogP contribution is -2.21. The van der Waals surface area contributed by atoms with Crippen molar-refractivity contribution in [3.8, 4) is 0 Å². The normalized spacial score (nSPS) is 14.0. The van der Waals surface area contributed by atoms with Gasteiger partial charge < -0.3 is 24.2 Å². The molecule has 3 N–H and O–H groups in total. The van der Waals surface area contributed by atoms with Crippen molar-refractivity contribution in [1.29, 1.82) is 0 Å². The molecule has 0 aromatic heterocycles. The van der Waals surface area contributed by atoms with E-state index in [0.717, 1.165) is 19.3 Å². The Hall–Kier alpha value is -0.330. The topological polar surface area (TPSA) is 79.2 Å². The van der Waals surface area contributed by atoms with Crippen molar-refractivity contribution in [2.45, 2.75) is 77.2 Å². The maximum atomic E-state index is 9.53. The Bertz CT molecular complexity index is 473. The van der Waals surface area contributed by atoms with E-state index >= 15 is 0 Å². The van der Waals surface area contributed by atoms with Crippen molar-refractivity contribution >= 4 is 18.5 Å². The van der Waals surface area contributed by atoms with E-state index in [1.165, 1.54) is 44.9 Å². The summed E-state index contributed by atoms with van der Waals surface area (Å²) in [7, 11) is 0. The van der Waals surface area contributed by atoms with E-state index in [9.17, 15) is 5.11 Å². The summed E-state index contributed by atoms with van der Waals surface area (Å²) in [4.78, 5) is 17.8. The molecule has 0 radical (unpaired) electrons. The molecule has 164 valence electrons. The van der Waals surface area contributed by atoms with Crippen LogP contribution in [0.2, 0.25) is 0 Å². The standard InChI is InChI=1S/C21H39O5PS/c1-2-3-4-5-6-7-8-9-10-11-12-13-14-15-16-17-18-25-19-21(22)20-26-27(23,24)28/h5-10,21-22H,2-4,11-20H2,1H3,(H2,23,24,28)/b6-5+,8-7+,10-9+. The third kappa shape index (κ3) is 23.7. The Morgan fingerprint density at radius 2 is 1.39 bits per heavy atom. The second-order valence-electron chi connectivity index (χ2n) is 6.81. The second kappa shape index (κ2) is 20.0. The highest BCUT2D eigenvalue weighted by Gasteiger charge is 2.12. The molecule has 0 aliphatic rings. The maximum Gasteiger partial charge on any atom is 0.321 e. The third-order valence-corrected chi connectivity index (χ3v) is 4.79. The van der Waals surface area contributed by atoms with Crippen LogP contribution >= 0.6 is 6.72 Å². The zero-order valence-corrected chi connectivity index (χ0v) is 19.0. The predicted octanol–water partition coefficient (Wildman–Crippen LogP) is 5.18. The highest BCUT2D eigenvalue weighted by Crippen LogP contribution is 2.36. The molecule has 0 spiro atoms. The van der Waals surface area contributed by atoms with E-state index in [1.54, 1.807) is 0 Å². The number of allylic oxidation sites excluding steroid dienone is 6. The molecular weight excluding hydrogens is 395 g/mol. The van der Waals surface area contributed by atoms with Crippen LogP contribution in [0.1, 0.15) is 71.1 Å². The van der Waals surface area contributed by atoms with Crippen LogP contribution in [-0.4, -0.2) is 40.8 Å². The Balaban J connectivity index is 3.33. The van der Waals surface area contributed by atoms with E-state index in [2.05, 4.69) is 59.7 Å². The first kappa shape index (κ1) is 27.7. The average molecular weight is 435 g/mol. The minimum absolute atomic E-state index is 0.116. The molecule has 5 nitrogen and oxygen atoms in total. The molecule has 28 heavy (non-hydrogen) atoms. The Morgan fingerprint density at radius 3 is 2.00 bits per heavy atom. The van der Waals surface area contributed by atoms with Gasteiger partial charge in [-0.05, 0) is 37.5 Å². The van der Waals surface area contributed by atoms with Crippen molar-refractivity contribution in [3.63, 3.8) is 0 Å². The third-order valence-electron chi connectivity index (χ3n) is 3.98. The molecule has 7 heteroatoms. The molecule has 0 heterocycles. The van der Waals surface area contributed by atoms with Gasteiger partial charge in [0.05, 0.1) is 13.2 Å². The highest BCUT2D eigenvalue weighted by molar-refractivity contribution is 8.06. The van der Waals surface area contributed by atoms with Gasteiger partial charge in [0.1, 0.15) is 6.10 Å². The van der Waals surface area contributed by atoms with E-state index in [4.69, 9.17) is 14.5 Å². The number of hydrogen-bond donors (Lipinski definition) is 3. The lowest BCUT2D eigenvalue weighted by Gasteiger charge is -2.13. The summed E-state index contributed by atoms with van der Waals surface area (Å²) in [5.74, 6) is 0. The molecule has 0 aromatic carbocycles. The van der Waals surface area contributed by atoms with Crippen molar-refractivity contribution in [3.05, 3.63) is 36.5 Å². The second-order valence-corrected chi connectivity index (χ2v) is 9.47. The Kier molecular flexibility index (Phi) is 19.7. The number of ether oxygens (including phenoxy) is 1. The Labute approximate surface area is 176 Å². The molecule has 0 fully saturated rings. The minimum atomic E-state index is -3.69. The molecular formula is C21H39O5PS. The van der Waals surface area contributed by atoms with Crippen molar-refractivity contribution in [2.24, 2.45) is 0 Å². The van der Waals surface area contributed by atoms with Gasteiger partial charge in [-0.3, -0.25) is 0 Å². The first-order chi connectivity index (χ1) is 13.5. The van der Waals surface area contributed by atoms with Crippen LogP contribution in [0, 0.1) is 0 Å². The number of aliphatic hydroxyl groups excluding tert-OH is 1. The van der Waals surface area contributed by atoms with E-state index in [0.29, 0.717) is 6.61 Å². The van der Waals surface area contributed by atoms with Gasteiger partial charge in [0, 0.05) is 6.61 Å². The van der Waals surface area contributed by atoms with Gasteiger partial charge >= 0.3 is 6.72 Å². The molecule has 0 aliphatic carbocycles. The Morgan fingerprint density at radius 1 is 0.821 bits per heavy atom. The molecule has 0 saturated heterocycles. The summed E-state index contributed by atoms with van der Waals surface area (Å²) >= 11 is 4.30. The molecule has 0 rings (SSSR count). The maximum absolute atomic E-state index is 9.53. The average Bonchev–Trinajstić information content (AvgIpc) is 2.65. The molecule has 0 aromatic rings. The minimum Gasteiger partial charge on any atom is -0.388 e. The molecule has 1 atom stereocenters. The summed E-state index contributed by atoms with van der Waals surface area (Å²) in [5.41, 5.74) is 0. The van der Waals surface area contributed by atoms with Crippen LogP contribution in [0.15, 0.2) is 36.5 Å². The van der Waals surface area contributed by atoms with Crippen molar-refractivity contribution in [2.75, 3.05) is 19.8 Å². The molecule has 0 amide bonds. The van der Waals surface area contributed by atoms with Gasteiger partial charge in [-0.1, -0.05) is 81.9 Å². The predicted molar refractivity (Wildman–Crippen MR) is 121 cm³/mol. The summed E-state index contributed by atoms with van der Waals surface area (Å²) in [5, 5.41) is 9.53. The fraction of sp³-hybridized carbons (Fsp3) is 0.714. The van der Waals surface area contributed by atoms with Crippen LogP contribution in [0.5, 0.6) is 0 Å². The fourth-order valence-electron chi connectivity index (χ4n) is 2.42. The monoisotopic (exact) mass is 434 g/mol. The largest absolute Gasteiger partial charge is 0.388 e. The van der Waals surface area contributed by atoms with Gasteiger partial charge in [-0.25, -0.2) is 0 Å². The van der Waals surface area contributed by atoms with E-state index in [-0.39, 0.29) is 13.2 Å². The van der Waals surface area contributed by atoms with Crippen LogP contribution in [-0.2, 0) is 21.1 Å². The fourth-order valence-corrected chi connectivity index (χ4v) is 2.97. The number of hydrogen-bond acceptors (Lipinski definition) is 4. The first-order valence-corrected chi connectivity index (χ1v) is 13.0. The number of unbranched alkanes of at least 4 members (excludes halogenated alkanes) is 8. The van der Waals surface area contributed by atoms with E-state index < -0.39 is 12.8 Å². The van der Waals surface area contributed by atoms with Crippen molar-refractivity contribution < 1.29 is 24.2 Å². The smallest absolute Gasteiger partial charge is 0.321 e. The van der Waals surface area contributed by atoms with Gasteiger partial charge in [-0.15, -0.1) is 0 Å². The first-order valence-electron chi connectivity index (χ1n) is 10.4. The van der Waals surface area contributed by atoms with Gasteiger partial charge in [0.2, 0.25) is 0 Å². The zero-order chi connectivity index (χ0) is 20.9. The quantitative estimate of drug-likeness (QED) is 0.148. The van der Waals surface area contributed by atoms with Crippen LogP contribution in [0.4, 0.5) is 0 Å². The summed E-state index contributed by atoms with van der Waals surface area (Å²) < 4.78 is 9.92. The van der Waals surface area contributed by atoms with Gasteiger partial charge in [-0.2, -0.15) is 0 Å². The lowest BCUT2D eigenvalue weighted by molar-refractivity contribution is 0.00838. The molecule has 0 bridgehead atoms. The van der Waals surface area contributed by atoms with Crippen LogP contribution < -0.4 is 0 Å². The molecule has 1 unspecified atom stereocenters. The lowest BCUT2D eigenvalue weighted by atomic mass is 10.1. The summed E-state index contributed by atoms with van der Waals surface area (Å²) in [6, 6.07) is 0. The van der Waals surface area contributed by atoms with Crippen LogP contribution in [0.25, 0.3) is 0 Å². The highest BCUT2D eigenvalue weighted by atomic mass is 32.5. The van der Waals surface area contributed by atoms with Crippen molar-refractivity contribution in [1.82, 2.24) is 0 Å². The number of rotatable bonds is 19. The van der Waals surface area contributed by atoms with Gasteiger partial charge in [0.15, 0.2) is 0 Å². The summed E-state index contributed by atoms with van der Waals surface area (Å²) in [6.45, 7) is -0.996. The SMILES string of the molecule is CCCC/C=C/C=C/C=C/CCCCCCCCOCC(O)COP(O)(O)=S. The zero-order valence-electron chi connectivity index (χ0n) is 17.2. The van der Waals surface area contributed by atoms with Crippen LogP contribution in [0.3, 0.4) is 0 Å². The number of aliphatic hydroxyl groups is 1.